The van der Waals surface area contributed by atoms with Crippen LogP contribution in [0.2, 0.25) is 0 Å². The van der Waals surface area contributed by atoms with Gasteiger partial charge < -0.3 is 0 Å². The average Bonchev–Trinajstić information content (AvgIpc) is 2.28. The van der Waals surface area contributed by atoms with Crippen molar-refractivity contribution in [2.24, 2.45) is 0 Å². The van der Waals surface area contributed by atoms with Crippen LogP contribution in [0.15, 0.2) is 41.3 Å². The predicted octanol–water partition coefficient (Wildman–Crippen LogP) is 2.80. The molecule has 86 valence electrons. The van der Waals surface area contributed by atoms with Gasteiger partial charge in [0.1, 0.15) is 11.5 Å². The zero-order valence-electron chi connectivity index (χ0n) is 8.73. The third-order valence-corrected chi connectivity index (χ3v) is 2.59. The minimum Gasteiger partial charge on any atom is -0.292 e. The van der Waals surface area contributed by atoms with Crippen LogP contribution in [0.5, 0.6) is 0 Å². The Balaban J connectivity index is 2.19. The molecule has 1 aromatic heterocycles. The highest BCUT2D eigenvalue weighted by Crippen LogP contribution is 2.16. The average molecular weight is 295 g/mol. The lowest BCUT2D eigenvalue weighted by atomic mass is 10.1. The number of Topliss-reactive ketones (excluding diaryl/α,β-unsaturated/α-hetero) is 1. The summed E-state index contributed by atoms with van der Waals surface area (Å²) < 4.78 is 13.7. The Morgan fingerprint density at radius 3 is 2.76 bits per heavy atom. The van der Waals surface area contributed by atoms with Crippen LogP contribution in [-0.4, -0.2) is 15.8 Å². The van der Waals surface area contributed by atoms with E-state index in [4.69, 9.17) is 0 Å². The van der Waals surface area contributed by atoms with Gasteiger partial charge in [0.05, 0.1) is 6.20 Å². The Morgan fingerprint density at radius 1 is 1.29 bits per heavy atom. The molecule has 0 aliphatic rings. The van der Waals surface area contributed by atoms with Gasteiger partial charge in [-0.2, -0.15) is 0 Å². The predicted molar refractivity (Wildman–Crippen MR) is 64.2 cm³/mol. The second kappa shape index (κ2) is 5.14. The van der Waals surface area contributed by atoms with E-state index >= 15 is 0 Å². The van der Waals surface area contributed by atoms with Crippen LogP contribution in [-0.2, 0) is 6.42 Å². The number of rotatable bonds is 3. The Morgan fingerprint density at radius 2 is 2.12 bits per heavy atom. The summed E-state index contributed by atoms with van der Waals surface area (Å²) in [5.74, 6) is -0.558. The molecule has 0 aliphatic carbocycles. The van der Waals surface area contributed by atoms with Crippen LogP contribution in [0.1, 0.15) is 16.1 Å². The molecule has 0 atom stereocenters. The van der Waals surface area contributed by atoms with Gasteiger partial charge in [0.15, 0.2) is 5.78 Å². The zero-order chi connectivity index (χ0) is 12.3. The number of aromatic nitrogens is 2. The molecule has 0 spiro atoms. The fourth-order valence-electron chi connectivity index (χ4n) is 1.43. The second-order valence-electron chi connectivity index (χ2n) is 3.47. The largest absolute Gasteiger partial charge is 0.292 e. The summed E-state index contributed by atoms with van der Waals surface area (Å²) in [5, 5.41) is 0. The van der Waals surface area contributed by atoms with Crippen molar-refractivity contribution >= 4 is 21.7 Å². The van der Waals surface area contributed by atoms with Crippen molar-refractivity contribution in [3.05, 3.63) is 58.3 Å². The quantitative estimate of drug-likeness (QED) is 0.818. The van der Waals surface area contributed by atoms with Gasteiger partial charge >= 0.3 is 0 Å². The van der Waals surface area contributed by atoms with Gasteiger partial charge in [-0.05, 0) is 23.8 Å². The highest BCUT2D eigenvalue weighted by atomic mass is 79.9. The molecule has 0 N–H and O–H groups in total. The molecule has 0 aliphatic heterocycles. The van der Waals surface area contributed by atoms with E-state index in [1.54, 1.807) is 6.07 Å². The molecule has 1 aromatic carbocycles. The highest BCUT2D eigenvalue weighted by Gasteiger charge is 2.09. The van der Waals surface area contributed by atoms with E-state index in [0.29, 0.717) is 10.0 Å². The van der Waals surface area contributed by atoms with Crippen molar-refractivity contribution < 1.29 is 9.18 Å². The Hall–Kier alpha value is -1.62. The minimum atomic E-state index is -0.374. The topological polar surface area (TPSA) is 42.9 Å². The summed E-state index contributed by atoms with van der Waals surface area (Å²) >= 11 is 3.18. The lowest BCUT2D eigenvalue weighted by Gasteiger charge is -2.01. The molecule has 0 fully saturated rings. The Kier molecular flexibility index (Phi) is 3.58. The first-order chi connectivity index (χ1) is 8.15. The lowest BCUT2D eigenvalue weighted by molar-refractivity contribution is 0.0988. The van der Waals surface area contributed by atoms with Gasteiger partial charge in [-0.25, -0.2) is 9.37 Å². The fraction of sp³-hybridized carbons (Fsp3) is 0.0833. The highest BCUT2D eigenvalue weighted by molar-refractivity contribution is 9.10. The summed E-state index contributed by atoms with van der Waals surface area (Å²) in [5.41, 5.74) is 0.889. The monoisotopic (exact) mass is 294 g/mol. The van der Waals surface area contributed by atoms with Crippen molar-refractivity contribution in [3.8, 4) is 0 Å². The van der Waals surface area contributed by atoms with Gasteiger partial charge in [0.25, 0.3) is 0 Å². The zero-order valence-corrected chi connectivity index (χ0v) is 10.3. The van der Waals surface area contributed by atoms with Crippen molar-refractivity contribution in [2.75, 3.05) is 0 Å². The summed E-state index contributed by atoms with van der Waals surface area (Å²) in [4.78, 5) is 19.5. The Bertz CT molecular complexity index is 525. The van der Waals surface area contributed by atoms with Crippen molar-refractivity contribution in [1.82, 2.24) is 9.97 Å². The standard InChI is InChI=1S/C12H8BrFN2O/c13-9-3-8(4-10(14)6-9)5-12(17)11-7-15-1-2-16-11/h1-4,6-7H,5H2. The summed E-state index contributed by atoms with van der Waals surface area (Å²) in [6.45, 7) is 0. The maximum atomic E-state index is 13.1. The molecule has 0 saturated heterocycles. The van der Waals surface area contributed by atoms with E-state index in [1.165, 1.54) is 30.7 Å². The number of benzene rings is 1. The summed E-state index contributed by atoms with van der Waals surface area (Å²) in [6, 6.07) is 4.38. The maximum absolute atomic E-state index is 13.1. The Labute approximate surface area is 106 Å². The van der Waals surface area contributed by atoms with Gasteiger partial charge in [-0.1, -0.05) is 15.9 Å². The molecular weight excluding hydrogens is 287 g/mol. The number of hydrogen-bond donors (Lipinski definition) is 0. The number of carbonyl (C=O) groups excluding carboxylic acids is 1. The van der Waals surface area contributed by atoms with Gasteiger partial charge in [0, 0.05) is 23.3 Å². The fourth-order valence-corrected chi connectivity index (χ4v) is 1.94. The first-order valence-corrected chi connectivity index (χ1v) is 5.68. The van der Waals surface area contributed by atoms with Crippen LogP contribution < -0.4 is 0 Å². The van der Waals surface area contributed by atoms with Crippen molar-refractivity contribution in [2.45, 2.75) is 6.42 Å². The smallest absolute Gasteiger partial charge is 0.187 e. The van der Waals surface area contributed by atoms with Crippen LogP contribution in [0.4, 0.5) is 4.39 Å². The first kappa shape index (κ1) is 11.9. The molecule has 17 heavy (non-hydrogen) atoms. The molecule has 3 nitrogen and oxygen atoms in total. The molecule has 0 radical (unpaired) electrons. The third kappa shape index (κ3) is 3.17. The molecule has 0 bridgehead atoms. The number of nitrogens with zero attached hydrogens (tertiary/aromatic N) is 2. The van der Waals surface area contributed by atoms with E-state index in [1.807, 2.05) is 0 Å². The van der Waals surface area contributed by atoms with Crippen LogP contribution >= 0.6 is 15.9 Å². The molecule has 2 aromatic rings. The van der Waals surface area contributed by atoms with E-state index in [2.05, 4.69) is 25.9 Å². The number of carbonyl (C=O) groups is 1. The van der Waals surface area contributed by atoms with Gasteiger partial charge in [-0.15, -0.1) is 0 Å². The van der Waals surface area contributed by atoms with Crippen molar-refractivity contribution in [1.29, 1.82) is 0 Å². The van der Waals surface area contributed by atoms with E-state index in [-0.39, 0.29) is 23.7 Å². The number of hydrogen-bond acceptors (Lipinski definition) is 3. The third-order valence-electron chi connectivity index (χ3n) is 2.14. The van der Waals surface area contributed by atoms with Gasteiger partial charge in [-0.3, -0.25) is 9.78 Å². The molecule has 5 heteroatoms. The molecular formula is C12H8BrFN2O. The van der Waals surface area contributed by atoms with Crippen LogP contribution in [0.3, 0.4) is 0 Å². The van der Waals surface area contributed by atoms with E-state index in [9.17, 15) is 9.18 Å². The van der Waals surface area contributed by atoms with Crippen LogP contribution in [0, 0.1) is 5.82 Å². The molecule has 2 rings (SSSR count). The lowest BCUT2D eigenvalue weighted by Crippen LogP contribution is -2.06. The van der Waals surface area contributed by atoms with Gasteiger partial charge in [0.2, 0.25) is 0 Å². The second-order valence-corrected chi connectivity index (χ2v) is 4.38. The minimum absolute atomic E-state index is 0.106. The SMILES string of the molecule is O=C(Cc1cc(F)cc(Br)c1)c1cnccn1. The summed E-state index contributed by atoms with van der Waals surface area (Å²) in [7, 11) is 0. The normalized spacial score (nSPS) is 10.2. The molecule has 0 amide bonds. The molecule has 0 saturated carbocycles. The molecule has 0 unspecified atom stereocenters. The van der Waals surface area contributed by atoms with Crippen LogP contribution in [0.25, 0.3) is 0 Å². The molecule has 1 heterocycles. The van der Waals surface area contributed by atoms with E-state index in [0.717, 1.165) is 0 Å². The number of ketones is 1. The summed E-state index contributed by atoms with van der Waals surface area (Å²) in [6.07, 6.45) is 4.45. The maximum Gasteiger partial charge on any atom is 0.187 e. The van der Waals surface area contributed by atoms with E-state index < -0.39 is 0 Å². The first-order valence-electron chi connectivity index (χ1n) is 4.89. The van der Waals surface area contributed by atoms with Crippen molar-refractivity contribution in [3.63, 3.8) is 0 Å². The number of halogens is 2.